The minimum Gasteiger partial charge on any atom is -0.369 e. The minimum absolute atomic E-state index is 0.100. The Kier molecular flexibility index (Phi) is 3.49. The Morgan fingerprint density at radius 3 is 2.57 bits per heavy atom. The van der Waals surface area contributed by atoms with E-state index in [-0.39, 0.29) is 6.04 Å². The number of imidazole rings is 1. The molecule has 5 nitrogen and oxygen atoms in total. The average molecular weight is 348 g/mol. The zero-order valence-electron chi connectivity index (χ0n) is 12.3. The van der Waals surface area contributed by atoms with Gasteiger partial charge in [-0.1, -0.05) is 35.0 Å². The molecule has 2 heterocycles. The van der Waals surface area contributed by atoms with Crippen LogP contribution < -0.4 is 5.73 Å². The summed E-state index contributed by atoms with van der Waals surface area (Å²) < 4.78 is 4.98. The van der Waals surface area contributed by atoms with Crippen LogP contribution >= 0.6 is 15.9 Å². The van der Waals surface area contributed by atoms with Gasteiger partial charge >= 0.3 is 0 Å². The Hall–Kier alpha value is -1.82. The van der Waals surface area contributed by atoms with Gasteiger partial charge in [-0.25, -0.2) is 4.98 Å². The highest BCUT2D eigenvalue weighted by Gasteiger charge is 2.21. The predicted molar refractivity (Wildman–Crippen MR) is 88.2 cm³/mol. The van der Waals surface area contributed by atoms with Gasteiger partial charge in [-0.15, -0.1) is 0 Å². The van der Waals surface area contributed by atoms with Crippen molar-refractivity contribution in [3.63, 3.8) is 0 Å². The first-order valence-corrected chi connectivity index (χ1v) is 7.77. The SMILES string of the molecule is CCc1nn(C)c2c1nc(N)n2C(C)c1ccc(Br)cc1. The molecule has 0 amide bonds. The van der Waals surface area contributed by atoms with Gasteiger partial charge in [0.15, 0.2) is 5.65 Å². The quantitative estimate of drug-likeness (QED) is 0.790. The number of rotatable bonds is 3. The summed E-state index contributed by atoms with van der Waals surface area (Å²) in [6.45, 7) is 4.20. The third-order valence-corrected chi connectivity index (χ3v) is 4.37. The second-order valence-electron chi connectivity index (χ2n) is 5.16. The van der Waals surface area contributed by atoms with Crippen molar-refractivity contribution in [1.29, 1.82) is 0 Å². The zero-order chi connectivity index (χ0) is 15.1. The molecule has 0 aliphatic heterocycles. The number of hydrogen-bond donors (Lipinski definition) is 1. The monoisotopic (exact) mass is 347 g/mol. The molecule has 6 heteroatoms. The second-order valence-corrected chi connectivity index (χ2v) is 6.08. The minimum atomic E-state index is 0.100. The fourth-order valence-corrected chi connectivity index (χ4v) is 2.99. The summed E-state index contributed by atoms with van der Waals surface area (Å²) in [7, 11) is 1.94. The number of halogens is 1. The maximum atomic E-state index is 6.16. The van der Waals surface area contributed by atoms with Gasteiger partial charge in [-0.05, 0) is 31.0 Å². The van der Waals surface area contributed by atoms with Crippen LogP contribution in [0.15, 0.2) is 28.7 Å². The average Bonchev–Trinajstić information content (AvgIpc) is 2.95. The summed E-state index contributed by atoms with van der Waals surface area (Å²) in [6.07, 6.45) is 0.848. The lowest BCUT2D eigenvalue weighted by molar-refractivity contribution is 0.635. The normalized spacial score (nSPS) is 13.0. The Labute approximate surface area is 131 Å². The van der Waals surface area contributed by atoms with E-state index in [2.05, 4.69) is 52.0 Å². The lowest BCUT2D eigenvalue weighted by Gasteiger charge is -2.16. The van der Waals surface area contributed by atoms with Crippen LogP contribution in [0.2, 0.25) is 0 Å². The molecule has 21 heavy (non-hydrogen) atoms. The first kappa shape index (κ1) is 14.1. The Morgan fingerprint density at radius 2 is 1.95 bits per heavy atom. The molecule has 1 unspecified atom stereocenters. The summed E-state index contributed by atoms with van der Waals surface area (Å²) in [5.41, 5.74) is 10.2. The number of nitrogen functional groups attached to an aromatic ring is 1. The van der Waals surface area contributed by atoms with Gasteiger partial charge in [-0.3, -0.25) is 9.25 Å². The van der Waals surface area contributed by atoms with Crippen LogP contribution in [-0.2, 0) is 13.5 Å². The Balaban J connectivity index is 2.17. The summed E-state index contributed by atoms with van der Waals surface area (Å²) >= 11 is 3.46. The van der Waals surface area contributed by atoms with Crippen molar-refractivity contribution in [2.75, 3.05) is 5.73 Å². The first-order valence-electron chi connectivity index (χ1n) is 6.97. The van der Waals surface area contributed by atoms with Crippen molar-refractivity contribution < 1.29 is 0 Å². The molecule has 0 radical (unpaired) electrons. The van der Waals surface area contributed by atoms with Crippen LogP contribution in [0.25, 0.3) is 11.2 Å². The van der Waals surface area contributed by atoms with E-state index < -0.39 is 0 Å². The molecule has 0 saturated carbocycles. The number of nitrogens with zero attached hydrogens (tertiary/aromatic N) is 4. The number of anilines is 1. The van der Waals surface area contributed by atoms with Gasteiger partial charge < -0.3 is 5.73 Å². The fourth-order valence-electron chi connectivity index (χ4n) is 2.73. The lowest BCUT2D eigenvalue weighted by atomic mass is 10.1. The van der Waals surface area contributed by atoms with Crippen molar-refractivity contribution in [2.24, 2.45) is 7.05 Å². The molecule has 0 aliphatic rings. The molecule has 0 spiro atoms. The van der Waals surface area contributed by atoms with E-state index in [9.17, 15) is 0 Å². The molecule has 0 aliphatic carbocycles. The molecule has 0 bridgehead atoms. The third kappa shape index (κ3) is 2.23. The van der Waals surface area contributed by atoms with E-state index in [0.29, 0.717) is 5.95 Å². The number of benzene rings is 1. The molecule has 0 saturated heterocycles. The van der Waals surface area contributed by atoms with E-state index >= 15 is 0 Å². The standard InChI is InChI=1S/C15H18BrN5/c1-4-12-13-14(20(3)19-12)21(15(17)18-13)9(2)10-5-7-11(16)8-6-10/h5-9H,4H2,1-3H3,(H2,17,18). The van der Waals surface area contributed by atoms with Gasteiger partial charge in [-0.2, -0.15) is 5.10 Å². The maximum Gasteiger partial charge on any atom is 0.203 e. The van der Waals surface area contributed by atoms with Gasteiger partial charge in [0.1, 0.15) is 5.52 Å². The zero-order valence-corrected chi connectivity index (χ0v) is 13.9. The third-order valence-electron chi connectivity index (χ3n) is 3.84. The number of nitrogens with two attached hydrogens (primary N) is 1. The predicted octanol–water partition coefficient (Wildman–Crippen LogP) is 3.29. The summed E-state index contributed by atoms with van der Waals surface area (Å²) in [5.74, 6) is 0.531. The largest absolute Gasteiger partial charge is 0.369 e. The van der Waals surface area contributed by atoms with Crippen LogP contribution in [0.1, 0.15) is 31.1 Å². The van der Waals surface area contributed by atoms with Gasteiger partial charge in [0.25, 0.3) is 0 Å². The molecule has 2 N–H and O–H groups in total. The molecule has 3 aromatic rings. The van der Waals surface area contributed by atoms with Crippen molar-refractivity contribution in [3.8, 4) is 0 Å². The summed E-state index contributed by atoms with van der Waals surface area (Å²) in [6, 6.07) is 8.37. The van der Waals surface area contributed by atoms with Crippen LogP contribution in [-0.4, -0.2) is 19.3 Å². The molecule has 2 aromatic heterocycles. The first-order chi connectivity index (χ1) is 10.0. The van der Waals surface area contributed by atoms with Crippen molar-refractivity contribution in [1.82, 2.24) is 19.3 Å². The van der Waals surface area contributed by atoms with Gasteiger partial charge in [0.05, 0.1) is 11.7 Å². The fraction of sp³-hybridized carbons (Fsp3) is 0.333. The molecule has 1 atom stereocenters. The van der Waals surface area contributed by atoms with Crippen LogP contribution in [0.5, 0.6) is 0 Å². The van der Waals surface area contributed by atoms with E-state index in [1.54, 1.807) is 0 Å². The smallest absolute Gasteiger partial charge is 0.203 e. The summed E-state index contributed by atoms with van der Waals surface area (Å²) in [4.78, 5) is 4.52. The van der Waals surface area contributed by atoms with Crippen molar-refractivity contribution >= 4 is 33.0 Å². The Bertz CT molecular complexity index is 785. The Morgan fingerprint density at radius 1 is 1.29 bits per heavy atom. The number of hydrogen-bond acceptors (Lipinski definition) is 3. The molecule has 3 rings (SSSR count). The second kappa shape index (κ2) is 5.18. The van der Waals surface area contributed by atoms with Crippen LogP contribution in [0.3, 0.4) is 0 Å². The number of aromatic nitrogens is 4. The molecule has 1 aromatic carbocycles. The van der Waals surface area contributed by atoms with Gasteiger partial charge in [0, 0.05) is 11.5 Å². The van der Waals surface area contributed by atoms with E-state index in [4.69, 9.17) is 5.73 Å². The van der Waals surface area contributed by atoms with Crippen molar-refractivity contribution in [3.05, 3.63) is 40.0 Å². The van der Waals surface area contributed by atoms with E-state index in [1.165, 1.54) is 5.56 Å². The molecular formula is C15H18BrN5. The number of aryl methyl sites for hydroxylation is 2. The molecule has 110 valence electrons. The molecular weight excluding hydrogens is 330 g/mol. The highest BCUT2D eigenvalue weighted by molar-refractivity contribution is 9.10. The van der Waals surface area contributed by atoms with Gasteiger partial charge in [0.2, 0.25) is 5.95 Å². The van der Waals surface area contributed by atoms with Crippen LogP contribution in [0, 0.1) is 0 Å². The maximum absolute atomic E-state index is 6.16. The van der Waals surface area contributed by atoms with E-state index in [0.717, 1.165) is 27.8 Å². The van der Waals surface area contributed by atoms with E-state index in [1.807, 2.05) is 28.4 Å². The van der Waals surface area contributed by atoms with Crippen LogP contribution in [0.4, 0.5) is 5.95 Å². The highest BCUT2D eigenvalue weighted by atomic mass is 79.9. The summed E-state index contributed by atoms with van der Waals surface area (Å²) in [5, 5.41) is 4.53. The lowest BCUT2D eigenvalue weighted by Crippen LogP contribution is -2.12. The topological polar surface area (TPSA) is 61.7 Å². The molecule has 0 fully saturated rings. The number of fused-ring (bicyclic) bond motifs is 1. The van der Waals surface area contributed by atoms with Crippen molar-refractivity contribution in [2.45, 2.75) is 26.3 Å². The highest BCUT2D eigenvalue weighted by Crippen LogP contribution is 2.29.